The fraction of sp³-hybridized carbons (Fsp3) is 0.364. The first-order valence-electron chi connectivity index (χ1n) is 4.85. The zero-order valence-corrected chi connectivity index (χ0v) is 9.89. The lowest BCUT2D eigenvalue weighted by Crippen LogP contribution is -2.20. The number of hydrogen-bond acceptors (Lipinski definition) is 2. The largest absolute Gasteiger partial charge is 0.372 e. The SMILES string of the molecule is O=C1CCOC(c2cc(Br)c(F)cc2F)C1. The van der Waals surface area contributed by atoms with Gasteiger partial charge in [-0.25, -0.2) is 8.78 Å². The molecule has 0 aliphatic carbocycles. The lowest BCUT2D eigenvalue weighted by atomic mass is 10.00. The van der Waals surface area contributed by atoms with Gasteiger partial charge in [-0.05, 0) is 22.0 Å². The first kappa shape index (κ1) is 11.7. The number of rotatable bonds is 1. The summed E-state index contributed by atoms with van der Waals surface area (Å²) in [5.74, 6) is -1.31. The predicted octanol–water partition coefficient (Wildman–Crippen LogP) is 3.15. The molecule has 1 aliphatic rings. The van der Waals surface area contributed by atoms with Crippen LogP contribution in [0.3, 0.4) is 0 Å². The number of benzene rings is 1. The van der Waals surface area contributed by atoms with Gasteiger partial charge in [0.2, 0.25) is 0 Å². The van der Waals surface area contributed by atoms with Crippen molar-refractivity contribution < 1.29 is 18.3 Å². The monoisotopic (exact) mass is 290 g/mol. The molecule has 1 aromatic rings. The van der Waals surface area contributed by atoms with Crippen LogP contribution in [0.1, 0.15) is 24.5 Å². The van der Waals surface area contributed by atoms with Gasteiger partial charge in [0.15, 0.2) is 0 Å². The van der Waals surface area contributed by atoms with Gasteiger partial charge in [0.25, 0.3) is 0 Å². The molecule has 1 aromatic carbocycles. The Hall–Kier alpha value is -0.810. The summed E-state index contributed by atoms with van der Waals surface area (Å²) in [6, 6.07) is 2.12. The Morgan fingerprint density at radius 2 is 2.06 bits per heavy atom. The molecular formula is C11H9BrF2O2. The van der Waals surface area contributed by atoms with Gasteiger partial charge < -0.3 is 4.74 Å². The van der Waals surface area contributed by atoms with E-state index < -0.39 is 17.7 Å². The highest BCUT2D eigenvalue weighted by molar-refractivity contribution is 9.10. The molecule has 1 aliphatic heterocycles. The summed E-state index contributed by atoms with van der Waals surface area (Å²) in [7, 11) is 0. The zero-order valence-electron chi connectivity index (χ0n) is 8.30. The molecule has 1 heterocycles. The molecule has 0 spiro atoms. The Morgan fingerprint density at radius 1 is 1.31 bits per heavy atom. The second-order valence-electron chi connectivity index (χ2n) is 3.64. The van der Waals surface area contributed by atoms with Crippen LogP contribution in [0.4, 0.5) is 8.78 Å². The number of carbonyl (C=O) groups is 1. The van der Waals surface area contributed by atoms with E-state index in [1.807, 2.05) is 0 Å². The Kier molecular flexibility index (Phi) is 3.35. The van der Waals surface area contributed by atoms with Crippen LogP contribution in [-0.4, -0.2) is 12.4 Å². The highest BCUT2D eigenvalue weighted by Crippen LogP contribution is 2.31. The van der Waals surface area contributed by atoms with E-state index in [-0.39, 0.29) is 28.8 Å². The van der Waals surface area contributed by atoms with Crippen molar-refractivity contribution in [2.75, 3.05) is 6.61 Å². The van der Waals surface area contributed by atoms with Crippen LogP contribution in [0.25, 0.3) is 0 Å². The molecule has 0 aromatic heterocycles. The van der Waals surface area contributed by atoms with E-state index in [4.69, 9.17) is 4.74 Å². The summed E-state index contributed by atoms with van der Waals surface area (Å²) in [6.45, 7) is 0.290. The van der Waals surface area contributed by atoms with Crippen LogP contribution < -0.4 is 0 Å². The summed E-state index contributed by atoms with van der Waals surface area (Å²) in [5, 5.41) is 0. The second kappa shape index (κ2) is 4.59. The average Bonchev–Trinajstić information content (AvgIpc) is 2.23. The lowest BCUT2D eigenvalue weighted by molar-refractivity contribution is -0.128. The van der Waals surface area contributed by atoms with E-state index >= 15 is 0 Å². The van der Waals surface area contributed by atoms with Gasteiger partial charge in [0.1, 0.15) is 17.4 Å². The molecule has 1 saturated heterocycles. The van der Waals surface area contributed by atoms with Crippen LogP contribution in [0.2, 0.25) is 0 Å². The third-order valence-corrected chi connectivity index (χ3v) is 3.11. The standard InChI is InChI=1S/C11H9BrF2O2/c12-8-4-7(9(13)5-10(8)14)11-3-6(15)1-2-16-11/h4-5,11H,1-3H2. The highest BCUT2D eigenvalue weighted by atomic mass is 79.9. The number of hydrogen-bond donors (Lipinski definition) is 0. The molecule has 86 valence electrons. The van der Waals surface area contributed by atoms with E-state index in [0.29, 0.717) is 6.42 Å². The third-order valence-electron chi connectivity index (χ3n) is 2.50. The van der Waals surface area contributed by atoms with E-state index in [1.54, 1.807) is 0 Å². The minimum atomic E-state index is -0.680. The molecule has 2 rings (SSSR count). The number of carbonyl (C=O) groups excluding carboxylic acids is 1. The molecule has 16 heavy (non-hydrogen) atoms. The average molecular weight is 291 g/mol. The minimum absolute atomic E-state index is 0.0381. The van der Waals surface area contributed by atoms with Crippen molar-refractivity contribution in [3.8, 4) is 0 Å². The van der Waals surface area contributed by atoms with Gasteiger partial charge in [0, 0.05) is 24.5 Å². The van der Waals surface area contributed by atoms with E-state index in [1.165, 1.54) is 6.07 Å². The van der Waals surface area contributed by atoms with Crippen LogP contribution in [0.5, 0.6) is 0 Å². The quantitative estimate of drug-likeness (QED) is 0.743. The van der Waals surface area contributed by atoms with Crippen molar-refractivity contribution in [1.82, 2.24) is 0 Å². The molecule has 0 N–H and O–H groups in total. The van der Waals surface area contributed by atoms with Gasteiger partial charge in [-0.2, -0.15) is 0 Å². The molecule has 2 nitrogen and oxygen atoms in total. The summed E-state index contributed by atoms with van der Waals surface area (Å²) in [5.41, 5.74) is 0.223. The number of Topliss-reactive ketones (excluding diaryl/α,β-unsaturated/α-hetero) is 1. The van der Waals surface area contributed by atoms with Gasteiger partial charge in [-0.1, -0.05) is 0 Å². The normalized spacial score (nSPS) is 21.2. The first-order chi connectivity index (χ1) is 7.58. The van der Waals surface area contributed by atoms with E-state index in [9.17, 15) is 13.6 Å². The molecular weight excluding hydrogens is 282 g/mol. The van der Waals surface area contributed by atoms with Crippen molar-refractivity contribution in [1.29, 1.82) is 0 Å². The molecule has 1 unspecified atom stereocenters. The van der Waals surface area contributed by atoms with Crippen LogP contribution in [-0.2, 0) is 9.53 Å². The predicted molar refractivity (Wildman–Crippen MR) is 57.0 cm³/mol. The van der Waals surface area contributed by atoms with Crippen molar-refractivity contribution in [2.24, 2.45) is 0 Å². The minimum Gasteiger partial charge on any atom is -0.372 e. The zero-order chi connectivity index (χ0) is 11.7. The molecule has 0 radical (unpaired) electrons. The Balaban J connectivity index is 2.32. The summed E-state index contributed by atoms with van der Waals surface area (Å²) in [4.78, 5) is 11.2. The molecule has 1 atom stereocenters. The highest BCUT2D eigenvalue weighted by Gasteiger charge is 2.25. The topological polar surface area (TPSA) is 26.3 Å². The van der Waals surface area contributed by atoms with Gasteiger partial charge in [-0.3, -0.25) is 4.79 Å². The molecule has 1 fully saturated rings. The Labute approximate surface area is 99.7 Å². The second-order valence-corrected chi connectivity index (χ2v) is 4.49. The Bertz CT molecular complexity index is 434. The van der Waals surface area contributed by atoms with Gasteiger partial charge in [0.05, 0.1) is 17.2 Å². The van der Waals surface area contributed by atoms with E-state index in [2.05, 4.69) is 15.9 Å². The molecule has 0 bridgehead atoms. The summed E-state index contributed by atoms with van der Waals surface area (Å²) < 4.78 is 32.0. The van der Waals surface area contributed by atoms with Crippen molar-refractivity contribution in [2.45, 2.75) is 18.9 Å². The fourth-order valence-electron chi connectivity index (χ4n) is 1.67. The van der Waals surface area contributed by atoms with Gasteiger partial charge >= 0.3 is 0 Å². The smallest absolute Gasteiger partial charge is 0.140 e. The number of halogens is 3. The van der Waals surface area contributed by atoms with Crippen LogP contribution >= 0.6 is 15.9 Å². The summed E-state index contributed by atoms with van der Waals surface area (Å²) in [6.07, 6.45) is -0.0895. The number of ketones is 1. The van der Waals surface area contributed by atoms with Crippen molar-refractivity contribution >= 4 is 21.7 Å². The maximum absolute atomic E-state index is 13.5. The molecule has 5 heteroatoms. The molecule has 0 saturated carbocycles. The number of ether oxygens (including phenoxy) is 1. The maximum Gasteiger partial charge on any atom is 0.140 e. The summed E-state index contributed by atoms with van der Waals surface area (Å²) >= 11 is 2.98. The maximum atomic E-state index is 13.5. The lowest BCUT2D eigenvalue weighted by Gasteiger charge is -2.22. The van der Waals surface area contributed by atoms with Crippen molar-refractivity contribution in [3.63, 3.8) is 0 Å². The first-order valence-corrected chi connectivity index (χ1v) is 5.65. The Morgan fingerprint density at radius 3 is 2.75 bits per heavy atom. The third kappa shape index (κ3) is 2.30. The fourth-order valence-corrected chi connectivity index (χ4v) is 2.03. The van der Waals surface area contributed by atoms with Crippen LogP contribution in [0, 0.1) is 11.6 Å². The van der Waals surface area contributed by atoms with Crippen LogP contribution in [0.15, 0.2) is 16.6 Å². The van der Waals surface area contributed by atoms with Crippen molar-refractivity contribution in [3.05, 3.63) is 33.8 Å². The van der Waals surface area contributed by atoms with Gasteiger partial charge in [-0.15, -0.1) is 0 Å². The van der Waals surface area contributed by atoms with E-state index in [0.717, 1.165) is 6.07 Å². The molecule has 0 amide bonds.